The number of benzene rings is 1. The summed E-state index contributed by atoms with van der Waals surface area (Å²) in [7, 11) is 1.63. The molecule has 0 radical (unpaired) electrons. The van der Waals surface area contributed by atoms with Gasteiger partial charge in [-0.25, -0.2) is 4.98 Å². The van der Waals surface area contributed by atoms with Crippen LogP contribution in [-0.4, -0.2) is 31.3 Å². The average Bonchev–Trinajstić information content (AvgIpc) is 3.14. The average molecular weight is 420 g/mol. The lowest BCUT2D eigenvalue weighted by atomic mass is 10.2. The van der Waals surface area contributed by atoms with E-state index in [1.54, 1.807) is 23.7 Å². The van der Waals surface area contributed by atoms with Gasteiger partial charge in [-0.3, -0.25) is 13.8 Å². The molecule has 4 aromatic rings. The third-order valence-corrected chi connectivity index (χ3v) is 5.66. The minimum atomic E-state index is -0.0871. The van der Waals surface area contributed by atoms with Gasteiger partial charge in [0, 0.05) is 24.1 Å². The van der Waals surface area contributed by atoms with E-state index in [4.69, 9.17) is 4.74 Å². The van der Waals surface area contributed by atoms with E-state index in [1.165, 1.54) is 11.8 Å². The van der Waals surface area contributed by atoms with Gasteiger partial charge in [-0.15, -0.1) is 16.8 Å². The SMILES string of the molecule is C=CCn1c(SCc2cc(=O)n3c(C)cccc3n2)nnc1-c1ccccc1OC. The second kappa shape index (κ2) is 8.54. The quantitative estimate of drug-likeness (QED) is 0.336. The van der Waals surface area contributed by atoms with E-state index in [1.807, 2.05) is 54.0 Å². The van der Waals surface area contributed by atoms with Crippen molar-refractivity contribution in [2.24, 2.45) is 0 Å². The Labute approximate surface area is 178 Å². The lowest BCUT2D eigenvalue weighted by molar-refractivity contribution is 0.416. The molecular weight excluding hydrogens is 398 g/mol. The van der Waals surface area contributed by atoms with Crippen molar-refractivity contribution in [3.8, 4) is 17.1 Å². The molecule has 0 bridgehead atoms. The first-order chi connectivity index (χ1) is 14.6. The van der Waals surface area contributed by atoms with Crippen LogP contribution in [0.3, 0.4) is 0 Å². The highest BCUT2D eigenvalue weighted by Gasteiger charge is 2.17. The number of nitrogens with zero attached hydrogens (tertiary/aromatic N) is 5. The zero-order chi connectivity index (χ0) is 21.1. The Morgan fingerprint density at radius 2 is 2.00 bits per heavy atom. The molecule has 0 amide bonds. The molecule has 1 aromatic carbocycles. The summed E-state index contributed by atoms with van der Waals surface area (Å²) in [6, 6.07) is 14.9. The van der Waals surface area contributed by atoms with E-state index in [-0.39, 0.29) is 5.56 Å². The highest BCUT2D eigenvalue weighted by Crippen LogP contribution is 2.31. The molecule has 152 valence electrons. The monoisotopic (exact) mass is 419 g/mol. The number of hydrogen-bond donors (Lipinski definition) is 0. The maximum atomic E-state index is 12.5. The van der Waals surface area contributed by atoms with Crippen molar-refractivity contribution in [1.29, 1.82) is 0 Å². The predicted octanol–water partition coefficient (Wildman–Crippen LogP) is 3.75. The van der Waals surface area contributed by atoms with E-state index in [2.05, 4.69) is 21.8 Å². The summed E-state index contributed by atoms with van der Waals surface area (Å²) >= 11 is 1.48. The molecule has 3 aromatic heterocycles. The zero-order valence-corrected chi connectivity index (χ0v) is 17.6. The summed E-state index contributed by atoms with van der Waals surface area (Å²) < 4.78 is 9.06. The van der Waals surface area contributed by atoms with Crippen molar-refractivity contribution in [2.45, 2.75) is 24.4 Å². The lowest BCUT2D eigenvalue weighted by Gasteiger charge is -2.10. The van der Waals surface area contributed by atoms with Gasteiger partial charge in [-0.1, -0.05) is 36.0 Å². The third kappa shape index (κ3) is 3.73. The molecule has 30 heavy (non-hydrogen) atoms. The van der Waals surface area contributed by atoms with Crippen LogP contribution in [0.1, 0.15) is 11.4 Å². The van der Waals surface area contributed by atoms with Gasteiger partial charge in [0.05, 0.1) is 18.4 Å². The van der Waals surface area contributed by atoms with E-state index in [0.29, 0.717) is 29.5 Å². The molecule has 0 saturated carbocycles. The molecule has 0 aliphatic rings. The summed E-state index contributed by atoms with van der Waals surface area (Å²) in [4.78, 5) is 17.1. The summed E-state index contributed by atoms with van der Waals surface area (Å²) in [5.41, 5.74) is 2.97. The van der Waals surface area contributed by atoms with Gasteiger partial charge >= 0.3 is 0 Å². The Balaban J connectivity index is 1.66. The summed E-state index contributed by atoms with van der Waals surface area (Å²) in [5.74, 6) is 1.93. The van der Waals surface area contributed by atoms with Crippen molar-refractivity contribution in [2.75, 3.05) is 7.11 Å². The molecule has 0 saturated heterocycles. The first-order valence-corrected chi connectivity index (χ1v) is 10.4. The maximum Gasteiger partial charge on any atom is 0.258 e. The number of pyridine rings is 1. The fraction of sp³-hybridized carbons (Fsp3) is 0.182. The fourth-order valence-corrected chi connectivity index (χ4v) is 4.13. The van der Waals surface area contributed by atoms with Crippen LogP contribution in [0.25, 0.3) is 17.0 Å². The molecule has 0 atom stereocenters. The molecule has 8 heteroatoms. The standard InChI is InChI=1S/C22H21N5O2S/c1-4-12-26-21(17-9-5-6-10-18(17)29-3)24-25-22(26)30-14-16-13-20(28)27-15(2)8-7-11-19(27)23-16/h4-11,13H,1,12,14H2,2-3H3. The van der Waals surface area contributed by atoms with E-state index >= 15 is 0 Å². The number of ether oxygens (including phenoxy) is 1. The number of thioether (sulfide) groups is 1. The topological polar surface area (TPSA) is 74.3 Å². The smallest absolute Gasteiger partial charge is 0.258 e. The van der Waals surface area contributed by atoms with E-state index in [9.17, 15) is 4.79 Å². The van der Waals surface area contributed by atoms with Gasteiger partial charge in [0.2, 0.25) is 0 Å². The Kier molecular flexibility index (Phi) is 5.67. The van der Waals surface area contributed by atoms with Gasteiger partial charge in [0.25, 0.3) is 5.56 Å². The lowest BCUT2D eigenvalue weighted by Crippen LogP contribution is -2.17. The first kappa shape index (κ1) is 19.9. The van der Waals surface area contributed by atoms with Crippen LogP contribution in [0.15, 0.2) is 71.1 Å². The number of methoxy groups -OCH3 is 1. The predicted molar refractivity (Wildman–Crippen MR) is 118 cm³/mol. The Bertz CT molecular complexity index is 1280. The van der Waals surface area contributed by atoms with Crippen LogP contribution < -0.4 is 10.3 Å². The number of hydrogen-bond acceptors (Lipinski definition) is 6. The first-order valence-electron chi connectivity index (χ1n) is 9.41. The number of aryl methyl sites for hydroxylation is 1. The summed E-state index contributed by atoms with van der Waals surface area (Å²) in [6.07, 6.45) is 1.80. The van der Waals surface area contributed by atoms with Crippen molar-refractivity contribution >= 4 is 17.4 Å². The zero-order valence-electron chi connectivity index (χ0n) is 16.8. The molecule has 0 aliphatic carbocycles. The second-order valence-electron chi connectivity index (χ2n) is 6.64. The van der Waals surface area contributed by atoms with Crippen LogP contribution in [0, 0.1) is 6.92 Å². The Morgan fingerprint density at radius 3 is 2.80 bits per heavy atom. The minimum absolute atomic E-state index is 0.0871. The number of aromatic nitrogens is 5. The highest BCUT2D eigenvalue weighted by molar-refractivity contribution is 7.98. The van der Waals surface area contributed by atoms with Crippen LogP contribution >= 0.6 is 11.8 Å². The largest absolute Gasteiger partial charge is 0.496 e. The molecule has 0 unspecified atom stereocenters. The highest BCUT2D eigenvalue weighted by atomic mass is 32.2. The maximum absolute atomic E-state index is 12.5. The van der Waals surface area contributed by atoms with Crippen molar-refractivity contribution in [3.05, 3.63) is 82.9 Å². The van der Waals surface area contributed by atoms with Gasteiger partial charge in [0.15, 0.2) is 11.0 Å². The van der Waals surface area contributed by atoms with Crippen LogP contribution in [0.5, 0.6) is 5.75 Å². The van der Waals surface area contributed by atoms with Crippen molar-refractivity contribution in [1.82, 2.24) is 24.1 Å². The van der Waals surface area contributed by atoms with E-state index < -0.39 is 0 Å². The molecule has 0 fully saturated rings. The Morgan fingerprint density at radius 1 is 1.17 bits per heavy atom. The molecule has 0 spiro atoms. The summed E-state index contributed by atoms with van der Waals surface area (Å²) in [5, 5.41) is 9.47. The molecule has 3 heterocycles. The van der Waals surface area contributed by atoms with E-state index in [0.717, 1.165) is 22.2 Å². The minimum Gasteiger partial charge on any atom is -0.496 e. The van der Waals surface area contributed by atoms with Gasteiger partial charge in [0.1, 0.15) is 11.4 Å². The molecular formula is C22H21N5O2S. The number of fused-ring (bicyclic) bond motifs is 1. The van der Waals surface area contributed by atoms with Crippen LogP contribution in [0.2, 0.25) is 0 Å². The van der Waals surface area contributed by atoms with Crippen molar-refractivity contribution in [3.63, 3.8) is 0 Å². The second-order valence-corrected chi connectivity index (χ2v) is 7.58. The number of rotatable bonds is 7. The molecule has 4 rings (SSSR count). The molecule has 0 N–H and O–H groups in total. The summed E-state index contributed by atoms with van der Waals surface area (Å²) in [6.45, 7) is 6.29. The van der Waals surface area contributed by atoms with Crippen molar-refractivity contribution < 1.29 is 4.74 Å². The molecule has 7 nitrogen and oxygen atoms in total. The Hall–Kier alpha value is -3.39. The van der Waals surface area contributed by atoms with Gasteiger partial charge < -0.3 is 4.74 Å². The van der Waals surface area contributed by atoms with Gasteiger partial charge in [-0.05, 0) is 31.2 Å². The number of allylic oxidation sites excluding steroid dienone is 1. The third-order valence-electron chi connectivity index (χ3n) is 4.66. The van der Waals surface area contributed by atoms with Gasteiger partial charge in [-0.2, -0.15) is 0 Å². The molecule has 0 aliphatic heterocycles. The van der Waals surface area contributed by atoms with Crippen LogP contribution in [-0.2, 0) is 12.3 Å². The normalized spacial score (nSPS) is 11.0. The number of para-hydroxylation sites is 1. The fourth-order valence-electron chi connectivity index (χ4n) is 3.29. The van der Waals surface area contributed by atoms with Crippen LogP contribution in [0.4, 0.5) is 0 Å².